The van der Waals surface area contributed by atoms with E-state index in [9.17, 15) is 0 Å². The first-order valence-electron chi connectivity index (χ1n) is 7.07. The fourth-order valence-electron chi connectivity index (χ4n) is 2.59. The highest BCUT2D eigenvalue weighted by Gasteiger charge is 2.21. The van der Waals surface area contributed by atoms with Gasteiger partial charge in [-0.25, -0.2) is 0 Å². The molecule has 1 aromatic carbocycles. The molecule has 1 aliphatic heterocycles. The molecule has 1 unspecified atom stereocenters. The number of hydrogen-bond donors (Lipinski definition) is 1. The highest BCUT2D eigenvalue weighted by atomic mass is 35.5. The minimum absolute atomic E-state index is 0.0597. The quantitative estimate of drug-likeness (QED) is 0.809. The molecule has 0 amide bonds. The number of nitrogens with zero attached hydrogens (tertiary/aromatic N) is 2. The Morgan fingerprint density at radius 2 is 1.85 bits per heavy atom. The molecule has 1 heterocycles. The Labute approximate surface area is 125 Å². The van der Waals surface area contributed by atoms with Crippen LogP contribution in [0.15, 0.2) is 24.3 Å². The summed E-state index contributed by atoms with van der Waals surface area (Å²) in [4.78, 5) is 4.65. The van der Waals surface area contributed by atoms with Crippen LogP contribution in [0.2, 0.25) is 0 Å². The van der Waals surface area contributed by atoms with E-state index >= 15 is 0 Å². The SMILES string of the molecule is COc1ccccc1C(Cl)CN1CCN(CCO)CC1. The highest BCUT2D eigenvalue weighted by molar-refractivity contribution is 6.21. The summed E-state index contributed by atoms with van der Waals surface area (Å²) in [5.41, 5.74) is 1.05. The van der Waals surface area contributed by atoms with E-state index in [0.717, 1.165) is 50.6 Å². The van der Waals surface area contributed by atoms with Crippen molar-refractivity contribution in [3.8, 4) is 5.75 Å². The van der Waals surface area contributed by atoms with Crippen LogP contribution in [0.25, 0.3) is 0 Å². The van der Waals surface area contributed by atoms with Crippen LogP contribution in [0, 0.1) is 0 Å². The standard InChI is InChI=1S/C15H23ClN2O2/c1-20-15-5-3-2-4-13(15)14(16)12-18-8-6-17(7-9-18)10-11-19/h2-5,14,19H,6-12H2,1H3. The van der Waals surface area contributed by atoms with Gasteiger partial charge in [-0.15, -0.1) is 11.6 Å². The fourth-order valence-corrected chi connectivity index (χ4v) is 2.96. The lowest BCUT2D eigenvalue weighted by Gasteiger charge is -2.35. The Hall–Kier alpha value is -0.810. The number of hydrogen-bond acceptors (Lipinski definition) is 4. The number of piperazine rings is 1. The van der Waals surface area contributed by atoms with Crippen molar-refractivity contribution < 1.29 is 9.84 Å². The minimum Gasteiger partial charge on any atom is -0.496 e. The normalized spacial score (nSPS) is 18.9. The second-order valence-electron chi connectivity index (χ2n) is 5.08. The van der Waals surface area contributed by atoms with E-state index in [1.807, 2.05) is 24.3 Å². The van der Waals surface area contributed by atoms with Crippen LogP contribution >= 0.6 is 11.6 Å². The van der Waals surface area contributed by atoms with Crippen molar-refractivity contribution in [3.63, 3.8) is 0 Å². The van der Waals surface area contributed by atoms with Crippen LogP contribution in [-0.2, 0) is 0 Å². The second-order valence-corrected chi connectivity index (χ2v) is 5.60. The molecule has 2 rings (SSSR count). The molecule has 20 heavy (non-hydrogen) atoms. The third-order valence-electron chi connectivity index (χ3n) is 3.78. The number of methoxy groups -OCH3 is 1. The number of halogens is 1. The summed E-state index contributed by atoms with van der Waals surface area (Å²) in [5, 5.41) is 8.89. The van der Waals surface area contributed by atoms with Crippen LogP contribution in [0.1, 0.15) is 10.9 Å². The molecule has 1 aliphatic rings. The van der Waals surface area contributed by atoms with Crippen molar-refractivity contribution in [1.29, 1.82) is 0 Å². The first-order valence-corrected chi connectivity index (χ1v) is 7.50. The Morgan fingerprint density at radius 1 is 1.20 bits per heavy atom. The van der Waals surface area contributed by atoms with Crippen molar-refractivity contribution in [2.24, 2.45) is 0 Å². The molecule has 4 nitrogen and oxygen atoms in total. The number of rotatable bonds is 6. The molecular formula is C15H23ClN2O2. The van der Waals surface area contributed by atoms with Gasteiger partial charge in [-0.1, -0.05) is 18.2 Å². The molecule has 112 valence electrons. The fraction of sp³-hybridized carbons (Fsp3) is 0.600. The van der Waals surface area contributed by atoms with Crippen LogP contribution in [0.5, 0.6) is 5.75 Å². The number of alkyl halides is 1. The predicted molar refractivity (Wildman–Crippen MR) is 81.6 cm³/mol. The zero-order valence-electron chi connectivity index (χ0n) is 12.0. The smallest absolute Gasteiger partial charge is 0.123 e. The molecule has 1 atom stereocenters. The van der Waals surface area contributed by atoms with Gasteiger partial charge < -0.3 is 9.84 Å². The molecule has 1 saturated heterocycles. The van der Waals surface area contributed by atoms with Gasteiger partial charge in [-0.2, -0.15) is 0 Å². The maximum Gasteiger partial charge on any atom is 0.123 e. The van der Waals surface area contributed by atoms with Crippen molar-refractivity contribution >= 4 is 11.6 Å². The zero-order valence-corrected chi connectivity index (χ0v) is 12.7. The van der Waals surface area contributed by atoms with E-state index in [1.54, 1.807) is 7.11 Å². The van der Waals surface area contributed by atoms with Gasteiger partial charge in [-0.3, -0.25) is 9.80 Å². The van der Waals surface area contributed by atoms with Gasteiger partial charge in [0, 0.05) is 44.8 Å². The number of ether oxygens (including phenoxy) is 1. The first kappa shape index (κ1) is 15.6. The lowest BCUT2D eigenvalue weighted by molar-refractivity contribution is 0.112. The molecular weight excluding hydrogens is 276 g/mol. The van der Waals surface area contributed by atoms with Gasteiger partial charge in [0.25, 0.3) is 0 Å². The van der Waals surface area contributed by atoms with Gasteiger partial charge in [0.1, 0.15) is 5.75 Å². The van der Waals surface area contributed by atoms with Gasteiger partial charge in [0.2, 0.25) is 0 Å². The second kappa shape index (κ2) is 7.84. The number of aliphatic hydroxyl groups excluding tert-OH is 1. The summed E-state index contributed by atoms with van der Waals surface area (Å²) in [5.74, 6) is 0.853. The summed E-state index contributed by atoms with van der Waals surface area (Å²) in [7, 11) is 1.68. The largest absolute Gasteiger partial charge is 0.496 e. The first-order chi connectivity index (χ1) is 9.74. The van der Waals surface area contributed by atoms with E-state index in [-0.39, 0.29) is 12.0 Å². The minimum atomic E-state index is -0.0597. The third kappa shape index (κ3) is 4.09. The van der Waals surface area contributed by atoms with Gasteiger partial charge >= 0.3 is 0 Å². The number of aliphatic hydroxyl groups is 1. The molecule has 0 aromatic heterocycles. The Morgan fingerprint density at radius 3 is 2.50 bits per heavy atom. The molecule has 0 saturated carbocycles. The Kier molecular flexibility index (Phi) is 6.10. The summed E-state index contributed by atoms with van der Waals surface area (Å²) in [6.45, 7) is 5.82. The Balaban J connectivity index is 1.87. The lowest BCUT2D eigenvalue weighted by atomic mass is 10.1. The molecule has 0 bridgehead atoms. The van der Waals surface area contributed by atoms with E-state index in [0.29, 0.717) is 0 Å². The predicted octanol–water partition coefficient (Wildman–Crippen LogP) is 1.58. The van der Waals surface area contributed by atoms with Gasteiger partial charge in [-0.05, 0) is 6.07 Å². The topological polar surface area (TPSA) is 35.9 Å². The molecule has 1 N–H and O–H groups in total. The van der Waals surface area contributed by atoms with Gasteiger partial charge in [0.15, 0.2) is 0 Å². The van der Waals surface area contributed by atoms with Crippen LogP contribution < -0.4 is 4.74 Å². The van der Waals surface area contributed by atoms with Crippen molar-refractivity contribution in [3.05, 3.63) is 29.8 Å². The summed E-state index contributed by atoms with van der Waals surface area (Å²) >= 11 is 6.55. The van der Waals surface area contributed by atoms with E-state index in [2.05, 4.69) is 9.80 Å². The van der Waals surface area contributed by atoms with Crippen molar-refractivity contribution in [2.45, 2.75) is 5.38 Å². The van der Waals surface area contributed by atoms with Crippen molar-refractivity contribution in [1.82, 2.24) is 9.80 Å². The molecule has 0 spiro atoms. The molecule has 0 aliphatic carbocycles. The van der Waals surface area contributed by atoms with E-state index in [1.165, 1.54) is 0 Å². The van der Waals surface area contributed by atoms with E-state index in [4.69, 9.17) is 21.4 Å². The highest BCUT2D eigenvalue weighted by Crippen LogP contribution is 2.30. The van der Waals surface area contributed by atoms with E-state index < -0.39 is 0 Å². The molecule has 5 heteroatoms. The number of para-hydroxylation sites is 1. The van der Waals surface area contributed by atoms with Crippen LogP contribution in [0.4, 0.5) is 0 Å². The maximum atomic E-state index is 8.95. The molecule has 0 radical (unpaired) electrons. The number of β-amino-alcohol motifs (C(OH)–C–C–N with tert-alkyl or cyclic N) is 1. The van der Waals surface area contributed by atoms with Crippen molar-refractivity contribution in [2.75, 3.05) is 53.0 Å². The molecule has 1 aromatic rings. The average Bonchev–Trinajstić information content (AvgIpc) is 2.49. The zero-order chi connectivity index (χ0) is 14.4. The lowest BCUT2D eigenvalue weighted by Crippen LogP contribution is -2.47. The third-order valence-corrected chi connectivity index (χ3v) is 4.15. The van der Waals surface area contributed by atoms with Gasteiger partial charge in [0.05, 0.1) is 19.1 Å². The van der Waals surface area contributed by atoms with Crippen LogP contribution in [-0.4, -0.2) is 67.9 Å². The molecule has 1 fully saturated rings. The summed E-state index contributed by atoms with van der Waals surface area (Å²) in [6.07, 6.45) is 0. The number of benzene rings is 1. The average molecular weight is 299 g/mol. The maximum absolute atomic E-state index is 8.95. The summed E-state index contributed by atoms with van der Waals surface area (Å²) in [6, 6.07) is 7.93. The Bertz CT molecular complexity index is 409. The summed E-state index contributed by atoms with van der Waals surface area (Å²) < 4.78 is 5.37. The van der Waals surface area contributed by atoms with Crippen LogP contribution in [0.3, 0.4) is 0 Å². The monoisotopic (exact) mass is 298 g/mol.